The largest absolute Gasteiger partial charge is 0.481 e. The molecule has 37 heavy (non-hydrogen) atoms. The summed E-state index contributed by atoms with van der Waals surface area (Å²) in [7, 11) is 0. The van der Waals surface area contributed by atoms with E-state index in [0.717, 1.165) is 16.1 Å². The van der Waals surface area contributed by atoms with E-state index in [1.165, 1.54) is 22.3 Å². The number of hydrogen-bond acceptors (Lipinski definition) is 7. The highest BCUT2D eigenvalue weighted by atomic mass is 35.5. The van der Waals surface area contributed by atoms with Crippen molar-refractivity contribution >= 4 is 40.5 Å². The number of benzene rings is 1. The number of pyridine rings is 1. The Hall–Kier alpha value is -3.80. The number of hydrogen-bond donors (Lipinski definition) is 2. The number of nitrogens with one attached hydrogen (secondary N) is 1. The normalized spacial score (nSPS) is 14.7. The molecule has 0 saturated heterocycles. The molecule has 5 heterocycles. The van der Waals surface area contributed by atoms with Crippen LogP contribution in [0, 0.1) is 0 Å². The second-order valence-electron chi connectivity index (χ2n) is 8.54. The van der Waals surface area contributed by atoms with Crippen molar-refractivity contribution in [1.82, 2.24) is 34.7 Å². The van der Waals surface area contributed by atoms with E-state index in [2.05, 4.69) is 20.5 Å². The molecule has 4 aromatic heterocycles. The van der Waals surface area contributed by atoms with Crippen LogP contribution in [0.1, 0.15) is 28.9 Å². The minimum atomic E-state index is -0.897. The van der Waals surface area contributed by atoms with Gasteiger partial charge in [-0.2, -0.15) is 4.68 Å². The molecule has 1 aromatic carbocycles. The summed E-state index contributed by atoms with van der Waals surface area (Å²) in [5, 5.41) is 21.3. The molecule has 0 saturated carbocycles. The van der Waals surface area contributed by atoms with Crippen LogP contribution in [-0.2, 0) is 17.6 Å². The number of nitrogens with zero attached hydrogens (tertiary/aromatic N) is 6. The molecule has 0 bridgehead atoms. The maximum absolute atomic E-state index is 13.4. The van der Waals surface area contributed by atoms with Crippen LogP contribution in [0.15, 0.2) is 53.6 Å². The number of H-pyrrole nitrogens is 1. The minimum Gasteiger partial charge on any atom is -0.481 e. The van der Waals surface area contributed by atoms with Crippen LogP contribution in [-0.4, -0.2) is 45.8 Å². The number of carbonyl (C=O) groups is 1. The van der Waals surface area contributed by atoms with Gasteiger partial charge in [0.05, 0.1) is 23.0 Å². The molecule has 1 aliphatic rings. The number of carboxylic acids is 1. The smallest absolute Gasteiger partial charge is 0.308 e. The first-order valence-corrected chi connectivity index (χ1v) is 12.8. The van der Waals surface area contributed by atoms with Crippen LogP contribution in [0.25, 0.3) is 27.4 Å². The highest BCUT2D eigenvalue weighted by Gasteiger charge is 2.29. The Labute approximate surface area is 223 Å². The lowest BCUT2D eigenvalue weighted by molar-refractivity contribution is -0.136. The number of aromatic nitrogens is 7. The van der Waals surface area contributed by atoms with Crippen molar-refractivity contribution in [3.05, 3.63) is 85.7 Å². The second-order valence-corrected chi connectivity index (χ2v) is 10.5. The van der Waals surface area contributed by atoms with Crippen molar-refractivity contribution in [3.63, 3.8) is 0 Å². The lowest BCUT2D eigenvalue weighted by atomic mass is 10.0. The van der Waals surface area contributed by atoms with E-state index >= 15 is 0 Å². The topological polar surface area (TPSA) is 132 Å². The number of thiophene rings is 1. The average Bonchev–Trinajstić information content (AvgIpc) is 3.65. The molecule has 0 fully saturated rings. The van der Waals surface area contributed by atoms with Gasteiger partial charge >= 0.3 is 5.97 Å². The summed E-state index contributed by atoms with van der Waals surface area (Å²) in [5.74, 6) is -0.315. The molecule has 13 heteroatoms. The summed E-state index contributed by atoms with van der Waals surface area (Å²) >= 11 is 14.1. The fraction of sp³-hybridized carbons (Fsp3) is 0.167. The fourth-order valence-electron chi connectivity index (χ4n) is 4.66. The first-order valence-electron chi connectivity index (χ1n) is 11.2. The van der Waals surface area contributed by atoms with Gasteiger partial charge in [-0.15, -0.1) is 16.4 Å². The van der Waals surface area contributed by atoms with Gasteiger partial charge in [-0.25, -0.2) is 4.98 Å². The van der Waals surface area contributed by atoms with Crippen LogP contribution in [0.4, 0.5) is 0 Å². The van der Waals surface area contributed by atoms with Crippen molar-refractivity contribution in [2.75, 3.05) is 0 Å². The van der Waals surface area contributed by atoms with E-state index in [-0.39, 0.29) is 18.0 Å². The predicted octanol–water partition coefficient (Wildman–Crippen LogP) is 4.41. The van der Waals surface area contributed by atoms with Crippen LogP contribution >= 0.6 is 34.5 Å². The van der Waals surface area contributed by atoms with Gasteiger partial charge in [0.25, 0.3) is 5.56 Å². The summed E-state index contributed by atoms with van der Waals surface area (Å²) in [6, 6.07) is 12.1. The van der Waals surface area contributed by atoms with Gasteiger partial charge in [0.2, 0.25) is 0 Å². The van der Waals surface area contributed by atoms with E-state index in [9.17, 15) is 9.59 Å². The first-order chi connectivity index (χ1) is 17.9. The molecule has 0 spiro atoms. The monoisotopic (exact) mass is 553 g/mol. The molecule has 6 rings (SSSR count). The lowest BCUT2D eigenvalue weighted by Crippen LogP contribution is -2.23. The summed E-state index contributed by atoms with van der Waals surface area (Å²) in [6.07, 6.45) is 2.77. The summed E-state index contributed by atoms with van der Waals surface area (Å²) in [4.78, 5) is 33.7. The molecule has 1 atom stereocenters. The number of imidazole rings is 1. The van der Waals surface area contributed by atoms with E-state index in [0.29, 0.717) is 50.7 Å². The number of rotatable bonds is 6. The molecule has 10 nitrogen and oxygen atoms in total. The van der Waals surface area contributed by atoms with Crippen molar-refractivity contribution in [3.8, 4) is 27.4 Å². The molecule has 0 aliphatic carbocycles. The first kappa shape index (κ1) is 23.6. The maximum Gasteiger partial charge on any atom is 0.308 e. The third-order valence-electron chi connectivity index (χ3n) is 6.21. The SMILES string of the molecule is O=C(O)Cc1ccc(-c2nc([C@@H]3CCc4cc(-c5cc(Cl)ccc5-n5cnnn5)cc(=O)n43)[nH]c2Cl)s1. The minimum absolute atomic E-state index is 0.0605. The number of aliphatic carboxylic acids is 1. The molecular weight excluding hydrogens is 537 g/mol. The molecule has 5 aromatic rings. The Morgan fingerprint density at radius 2 is 2.05 bits per heavy atom. The van der Waals surface area contributed by atoms with Gasteiger partial charge in [-0.05, 0) is 65.2 Å². The van der Waals surface area contributed by atoms with Crippen LogP contribution in [0.2, 0.25) is 10.2 Å². The van der Waals surface area contributed by atoms with Crippen molar-refractivity contribution in [2.45, 2.75) is 25.3 Å². The molecule has 0 radical (unpaired) electrons. The van der Waals surface area contributed by atoms with Crippen molar-refractivity contribution in [1.29, 1.82) is 0 Å². The summed E-state index contributed by atoms with van der Waals surface area (Å²) in [6.45, 7) is 0. The number of halogens is 2. The van der Waals surface area contributed by atoms with Crippen LogP contribution in [0.3, 0.4) is 0 Å². The number of fused-ring (bicyclic) bond motifs is 1. The standard InChI is InChI=1S/C24H17Cl2N7O3S/c25-13-1-4-17(32-11-27-30-31-32)16(9-13)12-7-14-2-5-18(33(14)20(34)8-12)24-28-22(23(26)29-24)19-6-3-15(37-19)10-21(35)36/h1,3-4,6-9,11,18H,2,5,10H2,(H,28,29)(H,35,36)/t18-/m0/s1. The number of carboxylic acid groups (broad SMARTS) is 1. The van der Waals surface area contributed by atoms with Gasteiger partial charge in [-0.3, -0.25) is 9.59 Å². The zero-order chi connectivity index (χ0) is 25.7. The number of aromatic amines is 1. The molecule has 2 N–H and O–H groups in total. The highest BCUT2D eigenvalue weighted by molar-refractivity contribution is 7.15. The lowest BCUT2D eigenvalue weighted by Gasteiger charge is -2.14. The summed E-state index contributed by atoms with van der Waals surface area (Å²) in [5.41, 5.74) is 3.39. The number of tetrazole rings is 1. The van der Waals surface area contributed by atoms with Gasteiger partial charge < -0.3 is 14.7 Å². The Morgan fingerprint density at radius 3 is 2.84 bits per heavy atom. The molecular formula is C24H17Cl2N7O3S. The summed E-state index contributed by atoms with van der Waals surface area (Å²) < 4.78 is 3.26. The zero-order valence-electron chi connectivity index (χ0n) is 18.9. The maximum atomic E-state index is 13.4. The van der Waals surface area contributed by atoms with E-state index in [1.807, 2.05) is 12.1 Å². The quantitative estimate of drug-likeness (QED) is 0.318. The third-order valence-corrected chi connectivity index (χ3v) is 7.81. The Morgan fingerprint density at radius 1 is 1.19 bits per heavy atom. The molecule has 0 amide bonds. The van der Waals surface area contributed by atoms with Gasteiger partial charge in [-0.1, -0.05) is 23.2 Å². The molecule has 1 aliphatic heterocycles. The van der Waals surface area contributed by atoms with E-state index in [4.69, 9.17) is 33.3 Å². The molecule has 0 unspecified atom stereocenters. The van der Waals surface area contributed by atoms with Crippen LogP contribution in [0.5, 0.6) is 0 Å². The van der Waals surface area contributed by atoms with Gasteiger partial charge in [0, 0.05) is 27.2 Å². The van der Waals surface area contributed by atoms with Gasteiger partial charge in [0.1, 0.15) is 23.0 Å². The van der Waals surface area contributed by atoms with Gasteiger partial charge in [0.15, 0.2) is 0 Å². The fourth-order valence-corrected chi connectivity index (χ4v) is 6.12. The zero-order valence-corrected chi connectivity index (χ0v) is 21.3. The van der Waals surface area contributed by atoms with E-state index < -0.39 is 5.97 Å². The molecule has 186 valence electrons. The van der Waals surface area contributed by atoms with E-state index in [1.54, 1.807) is 34.9 Å². The number of aryl methyl sites for hydroxylation is 1. The Balaban J connectivity index is 1.36. The second kappa shape index (κ2) is 9.25. The van der Waals surface area contributed by atoms with Crippen molar-refractivity contribution < 1.29 is 9.90 Å². The Bertz CT molecular complexity index is 1710. The van der Waals surface area contributed by atoms with Crippen LogP contribution < -0.4 is 5.56 Å². The Kier molecular flexibility index (Phi) is 5.90. The average molecular weight is 554 g/mol. The predicted molar refractivity (Wildman–Crippen MR) is 139 cm³/mol. The van der Waals surface area contributed by atoms with Crippen molar-refractivity contribution in [2.24, 2.45) is 0 Å². The highest BCUT2D eigenvalue weighted by Crippen LogP contribution is 2.37. The third kappa shape index (κ3) is 4.35.